The molecule has 35 heavy (non-hydrogen) atoms. The van der Waals surface area contributed by atoms with Crippen molar-refractivity contribution in [2.75, 3.05) is 0 Å². The molecule has 0 aliphatic heterocycles. The van der Waals surface area contributed by atoms with Crippen molar-refractivity contribution >= 4 is 70.0 Å². The van der Waals surface area contributed by atoms with Crippen LogP contribution < -0.4 is 4.74 Å². The highest BCUT2D eigenvalue weighted by molar-refractivity contribution is 9.11. The Labute approximate surface area is 224 Å². The Balaban J connectivity index is 1.60. The van der Waals surface area contributed by atoms with Gasteiger partial charge in [-0.3, -0.25) is 0 Å². The molecule has 6 heteroatoms. The molecule has 0 saturated heterocycles. The monoisotopic (exact) mass is 608 g/mol. The zero-order chi connectivity index (χ0) is 24.7. The molecule has 0 saturated carbocycles. The molecular formula is C29H22Br2O3S. The second-order valence-corrected chi connectivity index (χ2v) is 11.4. The van der Waals surface area contributed by atoms with Gasteiger partial charge in [0.05, 0.1) is 9.17 Å². The summed E-state index contributed by atoms with van der Waals surface area (Å²) in [6.45, 7) is 4.33. The topological polar surface area (TPSA) is 46.5 Å². The summed E-state index contributed by atoms with van der Waals surface area (Å²) in [6, 6.07) is 23.8. The van der Waals surface area contributed by atoms with Crippen molar-refractivity contribution in [2.45, 2.75) is 26.4 Å². The molecule has 4 aromatic carbocycles. The Morgan fingerprint density at radius 3 is 2.34 bits per heavy atom. The van der Waals surface area contributed by atoms with Crippen LogP contribution in [-0.2, 0) is 11.2 Å². The number of carboxylic acids is 1. The Hall–Kier alpha value is -2.67. The van der Waals surface area contributed by atoms with Gasteiger partial charge >= 0.3 is 5.97 Å². The SMILES string of the molecule is Cc1sc2c(Br)c3ccccc3c(-c3ccc(O[C@H](Cc4ccccc4)C(=O)O)c(Br)c3)c2c1C. The Bertz CT molecular complexity index is 1570. The summed E-state index contributed by atoms with van der Waals surface area (Å²) < 4.78 is 9.05. The van der Waals surface area contributed by atoms with E-state index in [-0.39, 0.29) is 6.42 Å². The molecule has 0 amide bonds. The molecular weight excluding hydrogens is 588 g/mol. The van der Waals surface area contributed by atoms with Crippen molar-refractivity contribution in [3.8, 4) is 16.9 Å². The van der Waals surface area contributed by atoms with E-state index in [1.165, 1.54) is 36.9 Å². The summed E-state index contributed by atoms with van der Waals surface area (Å²) in [5.41, 5.74) is 4.41. The van der Waals surface area contributed by atoms with Crippen LogP contribution in [0.3, 0.4) is 0 Å². The summed E-state index contributed by atoms with van der Waals surface area (Å²) in [5.74, 6) is -0.484. The maximum atomic E-state index is 11.9. The van der Waals surface area contributed by atoms with E-state index in [0.717, 1.165) is 20.1 Å². The van der Waals surface area contributed by atoms with Gasteiger partial charge in [0.25, 0.3) is 0 Å². The number of hydrogen-bond donors (Lipinski definition) is 1. The second kappa shape index (κ2) is 9.76. The highest BCUT2D eigenvalue weighted by Gasteiger charge is 2.23. The molecule has 3 nitrogen and oxygen atoms in total. The van der Waals surface area contributed by atoms with Gasteiger partial charge in [-0.15, -0.1) is 11.3 Å². The minimum absolute atomic E-state index is 0.287. The largest absolute Gasteiger partial charge is 0.478 e. The lowest BCUT2D eigenvalue weighted by Gasteiger charge is -2.18. The van der Waals surface area contributed by atoms with E-state index in [2.05, 4.69) is 70.0 Å². The molecule has 5 rings (SSSR count). The first kappa shape index (κ1) is 24.0. The third kappa shape index (κ3) is 4.51. The zero-order valence-corrected chi connectivity index (χ0v) is 23.1. The fraction of sp³-hybridized carbons (Fsp3) is 0.138. The number of rotatable bonds is 6. The first-order valence-electron chi connectivity index (χ1n) is 11.2. The number of thiophene rings is 1. The molecule has 1 N–H and O–H groups in total. The highest BCUT2D eigenvalue weighted by Crippen LogP contribution is 2.47. The molecule has 0 aliphatic rings. The van der Waals surface area contributed by atoms with Crippen LogP contribution in [0.2, 0.25) is 0 Å². The highest BCUT2D eigenvalue weighted by atomic mass is 79.9. The van der Waals surface area contributed by atoms with Crippen LogP contribution in [0.15, 0.2) is 81.7 Å². The summed E-state index contributed by atoms with van der Waals surface area (Å²) >= 11 is 9.31. The number of fused-ring (bicyclic) bond motifs is 2. The minimum atomic E-state index is -0.991. The average molecular weight is 610 g/mol. The van der Waals surface area contributed by atoms with Gasteiger partial charge in [-0.25, -0.2) is 4.79 Å². The van der Waals surface area contributed by atoms with Crippen LogP contribution in [0.5, 0.6) is 5.75 Å². The molecule has 0 spiro atoms. The number of aliphatic carboxylic acids is 1. The normalized spacial score (nSPS) is 12.2. The molecule has 5 aromatic rings. The third-order valence-corrected chi connectivity index (χ3v) is 9.23. The van der Waals surface area contributed by atoms with Crippen LogP contribution in [0.4, 0.5) is 0 Å². The van der Waals surface area contributed by atoms with E-state index in [4.69, 9.17) is 4.74 Å². The van der Waals surface area contributed by atoms with Crippen molar-refractivity contribution < 1.29 is 14.6 Å². The molecule has 1 aromatic heterocycles. The molecule has 1 atom stereocenters. The molecule has 176 valence electrons. The van der Waals surface area contributed by atoms with Gasteiger partial charge in [0.2, 0.25) is 0 Å². The second-order valence-electron chi connectivity index (χ2n) is 8.50. The van der Waals surface area contributed by atoms with Gasteiger partial charge in [0.1, 0.15) is 5.75 Å². The number of carbonyl (C=O) groups is 1. The van der Waals surface area contributed by atoms with Crippen LogP contribution in [0, 0.1) is 13.8 Å². The molecule has 1 heterocycles. The van der Waals surface area contributed by atoms with Crippen molar-refractivity contribution in [1.82, 2.24) is 0 Å². The fourth-order valence-corrected chi connectivity index (χ4v) is 6.82. The predicted octanol–water partition coefficient (Wildman–Crippen LogP) is 8.94. The van der Waals surface area contributed by atoms with Gasteiger partial charge in [0.15, 0.2) is 6.10 Å². The lowest BCUT2D eigenvalue weighted by Crippen LogP contribution is -2.29. The molecule has 0 bridgehead atoms. The number of halogens is 2. The van der Waals surface area contributed by atoms with Gasteiger partial charge in [-0.05, 0) is 90.9 Å². The minimum Gasteiger partial charge on any atom is -0.478 e. The zero-order valence-electron chi connectivity index (χ0n) is 19.1. The number of aryl methyl sites for hydroxylation is 2. The smallest absolute Gasteiger partial charge is 0.345 e. The molecule has 0 aliphatic carbocycles. The van der Waals surface area contributed by atoms with Crippen molar-refractivity contribution in [3.05, 3.63) is 97.7 Å². The predicted molar refractivity (Wildman–Crippen MR) is 152 cm³/mol. The fourth-order valence-electron chi connectivity index (χ4n) is 4.44. The summed E-state index contributed by atoms with van der Waals surface area (Å²) in [6.07, 6.45) is -0.697. The average Bonchev–Trinajstić information content (AvgIpc) is 3.15. The van der Waals surface area contributed by atoms with Gasteiger partial charge in [0, 0.05) is 21.2 Å². The lowest BCUT2D eigenvalue weighted by molar-refractivity contribution is -0.145. The first-order valence-corrected chi connectivity index (χ1v) is 13.6. The van der Waals surface area contributed by atoms with Crippen molar-refractivity contribution in [2.24, 2.45) is 0 Å². The standard InChI is InChI=1S/C29H22Br2O3S/c1-16-17(2)35-28-25(16)26(20-10-6-7-11-21(20)27(28)31)19-12-13-23(22(30)15-19)34-24(29(32)33)14-18-8-4-3-5-9-18/h3-13,15,24H,14H2,1-2H3,(H,32,33)/t24-/m1/s1. The Morgan fingerprint density at radius 2 is 1.66 bits per heavy atom. The Kier molecular flexibility index (Phi) is 6.71. The van der Waals surface area contributed by atoms with E-state index >= 15 is 0 Å². The van der Waals surface area contributed by atoms with E-state index in [9.17, 15) is 9.90 Å². The Morgan fingerprint density at radius 1 is 0.971 bits per heavy atom. The van der Waals surface area contributed by atoms with Crippen molar-refractivity contribution in [3.63, 3.8) is 0 Å². The first-order chi connectivity index (χ1) is 16.8. The van der Waals surface area contributed by atoms with E-state index in [1.54, 1.807) is 11.3 Å². The maximum absolute atomic E-state index is 11.9. The van der Waals surface area contributed by atoms with Crippen molar-refractivity contribution in [1.29, 1.82) is 0 Å². The van der Waals surface area contributed by atoms with Crippen LogP contribution in [0.1, 0.15) is 16.0 Å². The summed E-state index contributed by atoms with van der Waals surface area (Å²) in [4.78, 5) is 13.2. The van der Waals surface area contributed by atoms with Crippen LogP contribution in [-0.4, -0.2) is 17.2 Å². The van der Waals surface area contributed by atoms with Gasteiger partial charge in [-0.2, -0.15) is 0 Å². The van der Waals surface area contributed by atoms with Crippen LogP contribution >= 0.6 is 43.2 Å². The lowest BCUT2D eigenvalue weighted by atomic mass is 9.93. The number of ether oxygens (including phenoxy) is 1. The summed E-state index contributed by atoms with van der Waals surface area (Å²) in [5, 5.41) is 13.3. The quantitative estimate of drug-likeness (QED) is 0.209. The third-order valence-electron chi connectivity index (χ3n) is 6.30. The molecule has 0 radical (unpaired) electrons. The van der Waals surface area contributed by atoms with E-state index in [1.807, 2.05) is 48.5 Å². The van der Waals surface area contributed by atoms with E-state index < -0.39 is 12.1 Å². The van der Waals surface area contributed by atoms with Gasteiger partial charge in [-0.1, -0.05) is 60.7 Å². The maximum Gasteiger partial charge on any atom is 0.345 e. The van der Waals surface area contributed by atoms with Crippen LogP contribution in [0.25, 0.3) is 32.0 Å². The van der Waals surface area contributed by atoms with Gasteiger partial charge < -0.3 is 9.84 Å². The summed E-state index contributed by atoms with van der Waals surface area (Å²) in [7, 11) is 0. The number of benzene rings is 4. The number of hydrogen-bond acceptors (Lipinski definition) is 3. The molecule has 0 fully saturated rings. The van der Waals surface area contributed by atoms with E-state index in [0.29, 0.717) is 5.75 Å². The molecule has 0 unspecified atom stereocenters. The number of carboxylic acid groups (broad SMARTS) is 1.